The van der Waals surface area contributed by atoms with Crippen molar-refractivity contribution in [2.45, 2.75) is 78.3 Å². The molecule has 0 bridgehead atoms. The molecule has 53 heavy (non-hydrogen) atoms. The van der Waals surface area contributed by atoms with E-state index in [4.69, 9.17) is 9.47 Å². The van der Waals surface area contributed by atoms with Crippen LogP contribution in [0.4, 0.5) is 18.9 Å². The van der Waals surface area contributed by atoms with E-state index in [9.17, 15) is 32.9 Å². The fourth-order valence-electron chi connectivity index (χ4n) is 7.99. The van der Waals surface area contributed by atoms with Crippen molar-refractivity contribution in [3.63, 3.8) is 0 Å². The lowest BCUT2D eigenvalue weighted by molar-refractivity contribution is -0.385. The van der Waals surface area contributed by atoms with Crippen LogP contribution in [0.3, 0.4) is 0 Å². The summed E-state index contributed by atoms with van der Waals surface area (Å²) in [6, 6.07) is 15.6. The molecule has 0 aromatic heterocycles. The molecule has 1 heterocycles. The van der Waals surface area contributed by atoms with Crippen molar-refractivity contribution < 1.29 is 37.2 Å². The van der Waals surface area contributed by atoms with Gasteiger partial charge in [-0.1, -0.05) is 70.2 Å². The smallest absolute Gasteiger partial charge is 0.416 e. The third kappa shape index (κ3) is 7.52. The van der Waals surface area contributed by atoms with Gasteiger partial charge in [0.05, 0.1) is 17.6 Å². The molecule has 0 atom stereocenters. The summed E-state index contributed by atoms with van der Waals surface area (Å²) >= 11 is 0. The van der Waals surface area contributed by atoms with Gasteiger partial charge >= 0.3 is 11.9 Å². The molecule has 0 fully saturated rings. The quantitative estimate of drug-likeness (QED) is 0.116. The Morgan fingerprint density at radius 3 is 2.04 bits per heavy atom. The Hall–Kier alpha value is -5.19. The van der Waals surface area contributed by atoms with Crippen LogP contribution in [0.2, 0.25) is 0 Å². The Morgan fingerprint density at radius 1 is 0.906 bits per heavy atom. The number of carbonyl (C=O) groups excluding carboxylic acids is 2. The number of halogens is 3. The monoisotopic (exact) mass is 728 g/mol. The van der Waals surface area contributed by atoms with Crippen molar-refractivity contribution >= 4 is 17.3 Å². The van der Waals surface area contributed by atoms with Gasteiger partial charge in [-0.2, -0.15) is 13.2 Å². The molecule has 2 aliphatic carbocycles. The van der Waals surface area contributed by atoms with Crippen molar-refractivity contribution in [3.05, 3.63) is 128 Å². The van der Waals surface area contributed by atoms with Crippen LogP contribution in [0.25, 0.3) is 0 Å². The molecule has 0 spiro atoms. The second-order valence-electron chi connectivity index (χ2n) is 15.7. The van der Waals surface area contributed by atoms with Gasteiger partial charge in [0.15, 0.2) is 23.1 Å². The molecule has 0 saturated carbocycles. The number of benzene rings is 3. The highest BCUT2D eigenvalue weighted by molar-refractivity contribution is 6.07. The second-order valence-corrected chi connectivity index (χ2v) is 15.7. The Kier molecular flexibility index (Phi) is 9.91. The number of ether oxygens (including phenoxy) is 2. The molecule has 0 unspecified atom stereocenters. The lowest BCUT2D eigenvalue weighted by atomic mass is 9.63. The number of hydrogen-bond donors (Lipinski definition) is 0. The molecule has 278 valence electrons. The minimum Gasteiger partial charge on any atom is -0.493 e. The first-order valence-electron chi connectivity index (χ1n) is 17.6. The van der Waals surface area contributed by atoms with Crippen LogP contribution in [-0.4, -0.2) is 35.0 Å². The lowest BCUT2D eigenvalue weighted by Crippen LogP contribution is -2.45. The molecular formula is C42H43F3N2O6. The Balaban J connectivity index is 1.54. The van der Waals surface area contributed by atoms with E-state index in [1.165, 1.54) is 7.11 Å². The molecule has 0 saturated heterocycles. The Morgan fingerprint density at radius 2 is 1.51 bits per heavy atom. The maximum absolute atomic E-state index is 14.4. The van der Waals surface area contributed by atoms with Gasteiger partial charge in [-0.15, -0.1) is 6.58 Å². The predicted molar refractivity (Wildman–Crippen MR) is 195 cm³/mol. The summed E-state index contributed by atoms with van der Waals surface area (Å²) < 4.78 is 52.2. The fourth-order valence-corrected chi connectivity index (χ4v) is 7.99. The van der Waals surface area contributed by atoms with E-state index in [-0.39, 0.29) is 40.3 Å². The zero-order valence-corrected chi connectivity index (χ0v) is 30.6. The summed E-state index contributed by atoms with van der Waals surface area (Å²) in [5.41, 5.74) is 2.47. The van der Waals surface area contributed by atoms with Gasteiger partial charge in [0.1, 0.15) is 0 Å². The summed E-state index contributed by atoms with van der Waals surface area (Å²) in [5.74, 6) is -1.02. The van der Waals surface area contributed by atoms with Crippen molar-refractivity contribution in [1.82, 2.24) is 4.90 Å². The normalized spacial score (nSPS) is 18.5. The summed E-state index contributed by atoms with van der Waals surface area (Å²) in [6.45, 7) is 12.8. The third-order valence-electron chi connectivity index (χ3n) is 10.3. The first-order chi connectivity index (χ1) is 24.9. The van der Waals surface area contributed by atoms with Crippen LogP contribution >= 0.6 is 0 Å². The van der Waals surface area contributed by atoms with E-state index < -0.39 is 34.0 Å². The average molecular weight is 729 g/mol. The van der Waals surface area contributed by atoms with Gasteiger partial charge in [0.2, 0.25) is 5.75 Å². The van der Waals surface area contributed by atoms with Crippen molar-refractivity contribution in [3.8, 4) is 17.2 Å². The summed E-state index contributed by atoms with van der Waals surface area (Å²) in [7, 11) is 1.38. The summed E-state index contributed by atoms with van der Waals surface area (Å²) in [6.07, 6.45) is -0.464. The van der Waals surface area contributed by atoms with E-state index in [1.807, 2.05) is 18.2 Å². The SMILES string of the molecule is C=CCc1cc(C2C3=C(CC(C)(C)CC3=O)N(CCc3ccccc3)C3=C2C(=O)CC(C)(C)C3)cc(OC)c1Oc1ccc(C(F)(F)F)cc1[N+](=O)[O-]. The topological polar surface area (TPSA) is 99.0 Å². The minimum absolute atomic E-state index is 0.0416. The molecule has 6 rings (SSSR count). The maximum Gasteiger partial charge on any atom is 0.416 e. The Labute approximate surface area is 307 Å². The van der Waals surface area contributed by atoms with Crippen LogP contribution in [0.1, 0.15) is 81.5 Å². The fraction of sp³-hybridized carbons (Fsp3) is 0.381. The number of nitro groups is 1. The van der Waals surface area contributed by atoms with Crippen LogP contribution < -0.4 is 9.47 Å². The number of allylic oxidation sites excluding steroid dienone is 5. The average Bonchev–Trinajstić information content (AvgIpc) is 3.06. The molecule has 1 aliphatic heterocycles. The number of hydrogen-bond acceptors (Lipinski definition) is 7. The van der Waals surface area contributed by atoms with E-state index in [0.29, 0.717) is 67.0 Å². The number of methoxy groups -OCH3 is 1. The molecule has 3 aliphatic rings. The first kappa shape index (κ1) is 37.6. The van der Waals surface area contributed by atoms with E-state index in [0.717, 1.165) is 29.1 Å². The lowest BCUT2D eigenvalue weighted by Gasteiger charge is -2.49. The van der Waals surface area contributed by atoms with Crippen LogP contribution in [0.5, 0.6) is 17.2 Å². The molecule has 0 amide bonds. The molecule has 0 radical (unpaired) electrons. The zero-order chi connectivity index (χ0) is 38.5. The molecule has 8 nitrogen and oxygen atoms in total. The van der Waals surface area contributed by atoms with Gasteiger partial charge in [0.25, 0.3) is 0 Å². The number of rotatable bonds is 10. The van der Waals surface area contributed by atoms with Crippen molar-refractivity contribution in [1.29, 1.82) is 0 Å². The zero-order valence-electron chi connectivity index (χ0n) is 30.6. The highest BCUT2D eigenvalue weighted by Gasteiger charge is 2.49. The number of nitro benzene ring substituents is 1. The highest BCUT2D eigenvalue weighted by Crippen LogP contribution is 2.55. The summed E-state index contributed by atoms with van der Waals surface area (Å²) in [5, 5.41) is 11.9. The Bertz CT molecular complexity index is 2010. The van der Waals surface area contributed by atoms with Crippen LogP contribution in [0, 0.1) is 20.9 Å². The predicted octanol–water partition coefficient (Wildman–Crippen LogP) is 10.1. The number of Topliss-reactive ketones (excluding diaryl/α,β-unsaturated/α-hetero) is 2. The van der Waals surface area contributed by atoms with Gasteiger partial charge < -0.3 is 14.4 Å². The van der Waals surface area contributed by atoms with Gasteiger partial charge in [-0.05, 0) is 65.8 Å². The molecule has 3 aromatic carbocycles. The minimum atomic E-state index is -4.80. The molecule has 3 aromatic rings. The van der Waals surface area contributed by atoms with Gasteiger partial charge in [-0.3, -0.25) is 19.7 Å². The van der Waals surface area contributed by atoms with Gasteiger partial charge in [-0.25, -0.2) is 0 Å². The standard InChI is InChI=1S/C42H43F3N2O6/c1-7-11-26-18-27(19-35(52-6)39(26)53-34-15-14-28(42(43,44)45)20-29(34)47(50)51)36-37-30(21-40(2,3)23-32(37)48)46(17-16-25-12-9-8-10-13-25)31-22-41(4,5)24-33(49)38(31)36/h7-10,12-15,18-20,36H,1,11,16-17,21-24H2,2-6H3. The number of nitrogens with zero attached hydrogens (tertiary/aromatic N) is 2. The van der Waals surface area contributed by atoms with E-state index in [2.05, 4.69) is 51.3 Å². The first-order valence-corrected chi connectivity index (χ1v) is 17.6. The maximum atomic E-state index is 14.4. The number of carbonyl (C=O) groups is 2. The van der Waals surface area contributed by atoms with E-state index in [1.54, 1.807) is 18.2 Å². The largest absolute Gasteiger partial charge is 0.493 e. The van der Waals surface area contributed by atoms with Crippen molar-refractivity contribution in [2.24, 2.45) is 10.8 Å². The second kappa shape index (κ2) is 14.0. The van der Waals surface area contributed by atoms with Crippen LogP contribution in [-0.2, 0) is 28.6 Å². The number of alkyl halides is 3. The highest BCUT2D eigenvalue weighted by atomic mass is 19.4. The third-order valence-corrected chi connectivity index (χ3v) is 10.3. The van der Waals surface area contributed by atoms with Gasteiger partial charge in [0, 0.05) is 59.5 Å². The molecular weight excluding hydrogens is 685 g/mol. The van der Waals surface area contributed by atoms with Crippen molar-refractivity contribution in [2.75, 3.05) is 13.7 Å². The van der Waals surface area contributed by atoms with E-state index >= 15 is 0 Å². The molecule has 0 N–H and O–H groups in total. The molecule has 11 heteroatoms. The summed E-state index contributed by atoms with van der Waals surface area (Å²) in [4.78, 5) is 42.0. The number of ketones is 2. The van der Waals surface area contributed by atoms with Crippen LogP contribution in [0.15, 0.2) is 95.9 Å².